The van der Waals surface area contributed by atoms with Crippen molar-refractivity contribution in [2.24, 2.45) is 0 Å². The largest absolute Gasteiger partial charge is 0.340 e. The maximum atomic E-state index is 10.9. The summed E-state index contributed by atoms with van der Waals surface area (Å²) in [6.07, 6.45) is 1.57. The van der Waals surface area contributed by atoms with Gasteiger partial charge in [0.1, 0.15) is 5.82 Å². The molecule has 0 saturated carbocycles. The molecule has 0 radical (unpaired) electrons. The lowest BCUT2D eigenvalue weighted by atomic mass is 10.2. The van der Waals surface area contributed by atoms with Gasteiger partial charge >= 0.3 is 0 Å². The van der Waals surface area contributed by atoms with Gasteiger partial charge in [-0.3, -0.25) is 4.79 Å². The number of aromatic nitrogens is 2. The van der Waals surface area contributed by atoms with E-state index in [0.717, 1.165) is 11.4 Å². The molecule has 1 aromatic carbocycles. The van der Waals surface area contributed by atoms with Crippen molar-refractivity contribution in [3.05, 3.63) is 41.8 Å². The topological polar surface area (TPSA) is 66.9 Å². The van der Waals surface area contributed by atoms with Gasteiger partial charge in [0.15, 0.2) is 0 Å². The Hall–Kier alpha value is -2.14. The molecule has 0 aliphatic heterocycles. The summed E-state index contributed by atoms with van der Waals surface area (Å²) in [7, 11) is 0. The van der Waals surface area contributed by atoms with Crippen LogP contribution in [0.4, 0.5) is 17.2 Å². The fraction of sp³-hybridized carbons (Fsp3) is 0.0833. The highest BCUT2D eigenvalue weighted by Gasteiger charge is 1.99. The lowest BCUT2D eigenvalue weighted by Gasteiger charge is -2.07. The van der Waals surface area contributed by atoms with Crippen molar-refractivity contribution >= 4 is 34.7 Å². The van der Waals surface area contributed by atoms with Gasteiger partial charge in [-0.25, -0.2) is 9.97 Å². The smallest absolute Gasteiger partial charge is 0.224 e. The summed E-state index contributed by atoms with van der Waals surface area (Å²) < 4.78 is 0. The Balaban J connectivity index is 2.08. The quantitative estimate of drug-likeness (QED) is 0.835. The number of anilines is 3. The number of nitrogens with zero attached hydrogens (tertiary/aromatic N) is 2. The van der Waals surface area contributed by atoms with E-state index >= 15 is 0 Å². The molecular weight excluding hydrogens is 252 g/mol. The molecule has 0 saturated heterocycles. The molecule has 0 aliphatic rings. The normalized spacial score (nSPS) is 9.89. The van der Waals surface area contributed by atoms with Crippen molar-refractivity contribution in [1.82, 2.24) is 9.97 Å². The average molecular weight is 263 g/mol. The van der Waals surface area contributed by atoms with Crippen LogP contribution in [0.1, 0.15) is 6.92 Å². The molecule has 0 atom stereocenters. The van der Waals surface area contributed by atoms with Crippen LogP contribution >= 0.6 is 11.6 Å². The van der Waals surface area contributed by atoms with Crippen LogP contribution in [0, 0.1) is 0 Å². The van der Waals surface area contributed by atoms with Crippen molar-refractivity contribution in [3.63, 3.8) is 0 Å². The number of carbonyl (C=O) groups excluding carboxylic acids is 1. The van der Waals surface area contributed by atoms with Crippen molar-refractivity contribution in [2.75, 3.05) is 10.6 Å². The predicted octanol–water partition coefficient (Wildman–Crippen LogP) is 2.83. The van der Waals surface area contributed by atoms with Gasteiger partial charge in [0.05, 0.1) is 0 Å². The molecule has 0 unspecified atom stereocenters. The molecular formula is C12H11ClN4O. The Labute approximate surface area is 109 Å². The number of nitrogens with one attached hydrogen (secondary N) is 2. The molecule has 5 nitrogen and oxygen atoms in total. The Morgan fingerprint density at radius 2 is 1.83 bits per heavy atom. The van der Waals surface area contributed by atoms with E-state index in [-0.39, 0.29) is 11.2 Å². The van der Waals surface area contributed by atoms with Crippen LogP contribution in [-0.2, 0) is 4.79 Å². The fourth-order valence-corrected chi connectivity index (χ4v) is 1.54. The van der Waals surface area contributed by atoms with Crippen molar-refractivity contribution in [3.8, 4) is 0 Å². The number of hydrogen-bond acceptors (Lipinski definition) is 4. The Morgan fingerprint density at radius 1 is 1.17 bits per heavy atom. The van der Waals surface area contributed by atoms with Gasteiger partial charge in [-0.05, 0) is 41.9 Å². The number of halogens is 1. The second kappa shape index (κ2) is 5.46. The molecule has 1 heterocycles. The van der Waals surface area contributed by atoms with E-state index in [1.165, 1.54) is 6.92 Å². The number of benzene rings is 1. The van der Waals surface area contributed by atoms with Gasteiger partial charge in [-0.2, -0.15) is 0 Å². The van der Waals surface area contributed by atoms with Gasteiger partial charge in [-0.15, -0.1) is 0 Å². The lowest BCUT2D eigenvalue weighted by molar-refractivity contribution is -0.114. The molecule has 0 spiro atoms. The molecule has 1 aromatic heterocycles. The van der Waals surface area contributed by atoms with Gasteiger partial charge in [0.2, 0.25) is 11.2 Å². The van der Waals surface area contributed by atoms with Gasteiger partial charge in [0.25, 0.3) is 0 Å². The summed E-state index contributed by atoms with van der Waals surface area (Å²) in [6, 6.07) is 8.98. The van der Waals surface area contributed by atoms with Crippen LogP contribution in [0.15, 0.2) is 36.5 Å². The summed E-state index contributed by atoms with van der Waals surface area (Å²) in [5.41, 5.74) is 1.59. The minimum Gasteiger partial charge on any atom is -0.340 e. The zero-order valence-electron chi connectivity index (χ0n) is 9.64. The summed E-state index contributed by atoms with van der Waals surface area (Å²) >= 11 is 5.68. The van der Waals surface area contributed by atoms with E-state index < -0.39 is 0 Å². The number of amides is 1. The summed E-state index contributed by atoms with van der Waals surface area (Å²) in [5, 5.41) is 5.96. The Bertz CT molecular complexity index is 556. The minimum atomic E-state index is -0.0988. The molecule has 18 heavy (non-hydrogen) atoms. The van der Waals surface area contributed by atoms with Crippen molar-refractivity contribution in [2.45, 2.75) is 6.92 Å². The Kier molecular flexibility index (Phi) is 3.74. The maximum absolute atomic E-state index is 10.9. The van der Waals surface area contributed by atoms with E-state index in [2.05, 4.69) is 20.6 Å². The number of carbonyl (C=O) groups is 1. The zero-order chi connectivity index (χ0) is 13.0. The number of hydrogen-bond donors (Lipinski definition) is 2. The highest BCUT2D eigenvalue weighted by atomic mass is 35.5. The summed E-state index contributed by atoms with van der Waals surface area (Å²) in [4.78, 5) is 18.7. The lowest BCUT2D eigenvalue weighted by Crippen LogP contribution is -2.05. The van der Waals surface area contributed by atoms with E-state index in [4.69, 9.17) is 11.6 Å². The third-order valence-corrected chi connectivity index (χ3v) is 2.29. The van der Waals surface area contributed by atoms with E-state index in [1.54, 1.807) is 24.4 Å². The van der Waals surface area contributed by atoms with Gasteiger partial charge in [-0.1, -0.05) is 0 Å². The molecule has 2 aromatic rings. The second-order valence-electron chi connectivity index (χ2n) is 3.59. The summed E-state index contributed by atoms with van der Waals surface area (Å²) in [6.45, 7) is 1.47. The van der Waals surface area contributed by atoms with E-state index in [0.29, 0.717) is 5.82 Å². The first-order chi connectivity index (χ1) is 8.63. The Morgan fingerprint density at radius 3 is 2.44 bits per heavy atom. The number of rotatable bonds is 3. The van der Waals surface area contributed by atoms with Crippen LogP contribution in [0.5, 0.6) is 0 Å². The predicted molar refractivity (Wildman–Crippen MR) is 71.1 cm³/mol. The van der Waals surface area contributed by atoms with Crippen LogP contribution in [0.2, 0.25) is 5.28 Å². The fourth-order valence-electron chi connectivity index (χ4n) is 1.39. The van der Waals surface area contributed by atoms with Crippen LogP contribution in [-0.4, -0.2) is 15.9 Å². The van der Waals surface area contributed by atoms with Crippen LogP contribution < -0.4 is 10.6 Å². The molecule has 92 valence electrons. The van der Waals surface area contributed by atoms with E-state index in [9.17, 15) is 4.79 Å². The summed E-state index contributed by atoms with van der Waals surface area (Å²) in [5.74, 6) is 0.514. The van der Waals surface area contributed by atoms with Crippen molar-refractivity contribution in [1.29, 1.82) is 0 Å². The van der Waals surface area contributed by atoms with Crippen LogP contribution in [0.3, 0.4) is 0 Å². The monoisotopic (exact) mass is 262 g/mol. The molecule has 2 N–H and O–H groups in total. The molecule has 0 fully saturated rings. The molecule has 0 aliphatic carbocycles. The highest BCUT2D eigenvalue weighted by Crippen LogP contribution is 2.17. The molecule has 2 rings (SSSR count). The van der Waals surface area contributed by atoms with Crippen LogP contribution in [0.25, 0.3) is 0 Å². The first-order valence-corrected chi connectivity index (χ1v) is 5.64. The molecule has 0 bridgehead atoms. The first kappa shape index (κ1) is 12.3. The third-order valence-electron chi connectivity index (χ3n) is 2.10. The average Bonchev–Trinajstić information content (AvgIpc) is 2.31. The molecule has 1 amide bonds. The van der Waals surface area contributed by atoms with Gasteiger partial charge in [0, 0.05) is 24.5 Å². The highest BCUT2D eigenvalue weighted by molar-refractivity contribution is 6.28. The SMILES string of the molecule is CC(=O)Nc1ccc(Nc2ccnc(Cl)n2)cc1. The molecule has 6 heteroatoms. The zero-order valence-corrected chi connectivity index (χ0v) is 10.4. The van der Waals surface area contributed by atoms with Gasteiger partial charge < -0.3 is 10.6 Å². The van der Waals surface area contributed by atoms with E-state index in [1.807, 2.05) is 12.1 Å². The third kappa shape index (κ3) is 3.43. The van der Waals surface area contributed by atoms with Crippen molar-refractivity contribution < 1.29 is 4.79 Å². The minimum absolute atomic E-state index is 0.0988. The first-order valence-electron chi connectivity index (χ1n) is 5.27. The second-order valence-corrected chi connectivity index (χ2v) is 3.93. The maximum Gasteiger partial charge on any atom is 0.224 e. The standard InChI is InChI=1S/C12H11ClN4O/c1-8(18)15-9-2-4-10(5-3-9)16-11-6-7-14-12(13)17-11/h2-7H,1H3,(H,15,18)(H,14,16,17).